The Morgan fingerprint density at radius 3 is 2.64 bits per heavy atom. The average Bonchev–Trinajstić information content (AvgIpc) is 2.06. The summed E-state index contributed by atoms with van der Waals surface area (Å²) in [6, 6.07) is 5.91. The van der Waals surface area contributed by atoms with Crippen LogP contribution in [0.1, 0.15) is 5.56 Å². The maximum Gasteiger partial charge on any atom is 0.306 e. The molecule has 0 saturated carbocycles. The summed E-state index contributed by atoms with van der Waals surface area (Å²) < 4.78 is 33.0. The Labute approximate surface area is 80.0 Å². The summed E-state index contributed by atoms with van der Waals surface area (Å²) in [4.78, 5) is 2.50. The van der Waals surface area contributed by atoms with Crippen LogP contribution in [0.3, 0.4) is 0 Å². The average molecular weight is 215 g/mol. The summed E-state index contributed by atoms with van der Waals surface area (Å²) in [5.41, 5.74) is 8.43. The third-order valence-electron chi connectivity index (χ3n) is 1.47. The van der Waals surface area contributed by atoms with Gasteiger partial charge in [0.25, 0.3) is 0 Å². The molecule has 0 heterocycles. The van der Waals surface area contributed by atoms with E-state index in [1.807, 2.05) is 0 Å². The van der Waals surface area contributed by atoms with Gasteiger partial charge < -0.3 is 0 Å². The van der Waals surface area contributed by atoms with Crippen LogP contribution >= 0.6 is 0 Å². The van der Waals surface area contributed by atoms with Gasteiger partial charge in [-0.2, -0.15) is 8.42 Å². The lowest BCUT2D eigenvalue weighted by Gasteiger charge is -2.00. The van der Waals surface area contributed by atoms with Gasteiger partial charge in [0.05, 0.1) is 0 Å². The zero-order chi connectivity index (χ0) is 10.6. The highest BCUT2D eigenvalue weighted by molar-refractivity contribution is 7.85. The van der Waals surface area contributed by atoms with Crippen LogP contribution < -0.4 is 0 Å². The summed E-state index contributed by atoms with van der Waals surface area (Å²) in [6.45, 7) is 0. The topological polar surface area (TPSA) is 82.9 Å². The number of azide groups is 1. The fourth-order valence-corrected chi connectivity index (χ4v) is 1.58. The van der Waals surface area contributed by atoms with Crippen LogP contribution in [-0.2, 0) is 16.0 Å². The highest BCUT2D eigenvalue weighted by atomic mass is 32.3. The first-order valence-electron chi connectivity index (χ1n) is 3.58. The van der Waals surface area contributed by atoms with E-state index in [4.69, 9.17) is 5.53 Å². The predicted molar refractivity (Wildman–Crippen MR) is 49.0 cm³/mol. The monoisotopic (exact) mass is 215 g/mol. The van der Waals surface area contributed by atoms with Gasteiger partial charge in [0.15, 0.2) is 0 Å². The van der Waals surface area contributed by atoms with Gasteiger partial charge in [0, 0.05) is 10.6 Å². The minimum Gasteiger partial charge on any atom is -0.194 e. The van der Waals surface area contributed by atoms with Gasteiger partial charge in [0.2, 0.25) is 0 Å². The molecular formula is C7H6FN3O2S. The molecule has 0 unspecified atom stereocenters. The van der Waals surface area contributed by atoms with Crippen molar-refractivity contribution in [2.24, 2.45) is 5.11 Å². The second kappa shape index (κ2) is 4.08. The van der Waals surface area contributed by atoms with E-state index >= 15 is 0 Å². The van der Waals surface area contributed by atoms with Crippen molar-refractivity contribution in [1.82, 2.24) is 0 Å². The highest BCUT2D eigenvalue weighted by Crippen LogP contribution is 2.21. The fraction of sp³-hybridized carbons (Fsp3) is 0.143. The molecule has 0 atom stereocenters. The highest BCUT2D eigenvalue weighted by Gasteiger charge is 2.11. The number of nitrogens with zero attached hydrogens (tertiary/aromatic N) is 3. The van der Waals surface area contributed by atoms with Crippen molar-refractivity contribution >= 4 is 15.9 Å². The van der Waals surface area contributed by atoms with Gasteiger partial charge in [-0.1, -0.05) is 29.4 Å². The molecule has 0 bridgehead atoms. The first kappa shape index (κ1) is 10.5. The van der Waals surface area contributed by atoms with E-state index in [1.165, 1.54) is 18.2 Å². The molecule has 0 aromatic heterocycles. The zero-order valence-corrected chi connectivity index (χ0v) is 7.78. The van der Waals surface area contributed by atoms with Crippen molar-refractivity contribution in [3.8, 4) is 0 Å². The molecule has 74 valence electrons. The molecule has 0 aliphatic carbocycles. The third kappa shape index (κ3) is 3.04. The number of halogens is 1. The van der Waals surface area contributed by atoms with Crippen molar-refractivity contribution in [2.75, 3.05) is 0 Å². The van der Waals surface area contributed by atoms with Crippen LogP contribution in [0.25, 0.3) is 10.4 Å². The number of hydrogen-bond acceptors (Lipinski definition) is 3. The van der Waals surface area contributed by atoms with Gasteiger partial charge >= 0.3 is 10.2 Å². The molecule has 14 heavy (non-hydrogen) atoms. The van der Waals surface area contributed by atoms with Crippen molar-refractivity contribution in [1.29, 1.82) is 0 Å². The van der Waals surface area contributed by atoms with Crippen LogP contribution in [0.2, 0.25) is 0 Å². The van der Waals surface area contributed by atoms with E-state index in [9.17, 15) is 12.3 Å². The maximum atomic E-state index is 12.3. The molecule has 1 aromatic rings. The van der Waals surface area contributed by atoms with Crippen molar-refractivity contribution in [3.05, 3.63) is 40.3 Å². The Balaban J connectivity index is 3.14. The minimum atomic E-state index is -4.60. The molecule has 5 nitrogen and oxygen atoms in total. The van der Waals surface area contributed by atoms with Crippen LogP contribution in [0, 0.1) is 0 Å². The zero-order valence-electron chi connectivity index (χ0n) is 6.96. The Morgan fingerprint density at radius 2 is 2.07 bits per heavy atom. The molecule has 0 amide bonds. The summed E-state index contributed by atoms with van der Waals surface area (Å²) in [5.74, 6) is -0.776. The van der Waals surface area contributed by atoms with Crippen LogP contribution in [0.15, 0.2) is 29.4 Å². The Hall–Kier alpha value is -1.59. The summed E-state index contributed by atoms with van der Waals surface area (Å²) >= 11 is 0. The van der Waals surface area contributed by atoms with E-state index in [-0.39, 0.29) is 11.3 Å². The van der Waals surface area contributed by atoms with Crippen LogP contribution in [0.5, 0.6) is 0 Å². The van der Waals surface area contributed by atoms with Gasteiger partial charge in [-0.3, -0.25) is 0 Å². The smallest absolute Gasteiger partial charge is 0.194 e. The molecule has 1 aromatic carbocycles. The van der Waals surface area contributed by atoms with E-state index < -0.39 is 16.0 Å². The van der Waals surface area contributed by atoms with Crippen LogP contribution in [-0.4, -0.2) is 8.42 Å². The summed E-state index contributed by atoms with van der Waals surface area (Å²) in [6.07, 6.45) is 0. The lowest BCUT2D eigenvalue weighted by atomic mass is 10.2. The van der Waals surface area contributed by atoms with Gasteiger partial charge in [-0.25, -0.2) is 0 Å². The van der Waals surface area contributed by atoms with E-state index in [0.29, 0.717) is 0 Å². The van der Waals surface area contributed by atoms with Crippen molar-refractivity contribution in [2.45, 2.75) is 5.75 Å². The molecule has 0 spiro atoms. The molecule has 7 heteroatoms. The normalized spacial score (nSPS) is 10.6. The fourth-order valence-electron chi connectivity index (χ4n) is 0.964. The minimum absolute atomic E-state index is 0.122. The summed E-state index contributed by atoms with van der Waals surface area (Å²) in [5, 5.41) is 3.24. The second-order valence-electron chi connectivity index (χ2n) is 2.50. The first-order chi connectivity index (χ1) is 6.53. The van der Waals surface area contributed by atoms with Crippen molar-refractivity contribution < 1.29 is 12.3 Å². The third-order valence-corrected chi connectivity index (χ3v) is 2.13. The molecule has 0 radical (unpaired) electrons. The lowest BCUT2D eigenvalue weighted by Crippen LogP contribution is -1.95. The Bertz CT molecular complexity index is 479. The number of rotatable bonds is 3. The molecule has 0 fully saturated rings. The largest absolute Gasteiger partial charge is 0.306 e. The number of benzene rings is 1. The number of hydrogen-bond donors (Lipinski definition) is 0. The van der Waals surface area contributed by atoms with E-state index in [0.717, 1.165) is 0 Å². The second-order valence-corrected chi connectivity index (χ2v) is 3.87. The van der Waals surface area contributed by atoms with Crippen LogP contribution in [0.4, 0.5) is 9.57 Å². The molecular weight excluding hydrogens is 209 g/mol. The molecule has 1 rings (SSSR count). The van der Waals surface area contributed by atoms with Gasteiger partial charge in [0.1, 0.15) is 5.75 Å². The molecule has 0 saturated heterocycles. The van der Waals surface area contributed by atoms with Gasteiger partial charge in [-0.15, -0.1) is 3.89 Å². The van der Waals surface area contributed by atoms with E-state index in [2.05, 4.69) is 10.0 Å². The summed E-state index contributed by atoms with van der Waals surface area (Å²) in [7, 11) is -4.60. The van der Waals surface area contributed by atoms with Crippen molar-refractivity contribution in [3.63, 3.8) is 0 Å². The molecule has 0 aliphatic rings. The maximum absolute atomic E-state index is 12.3. The SMILES string of the molecule is [N-]=[N+]=Nc1ccccc1CS(=O)(=O)F. The Kier molecular flexibility index (Phi) is 3.06. The van der Waals surface area contributed by atoms with E-state index in [1.54, 1.807) is 6.07 Å². The lowest BCUT2D eigenvalue weighted by molar-refractivity contribution is 0.551. The standard InChI is InChI=1S/C7H6FN3O2S/c8-14(12,13)5-6-3-1-2-4-7(6)10-11-9/h1-4H,5H2. The van der Waals surface area contributed by atoms with Gasteiger partial charge in [-0.05, 0) is 11.1 Å². The molecule has 0 N–H and O–H groups in total. The Morgan fingerprint density at radius 1 is 1.43 bits per heavy atom. The first-order valence-corrected chi connectivity index (χ1v) is 5.13. The molecule has 0 aliphatic heterocycles. The predicted octanol–water partition coefficient (Wildman–Crippen LogP) is 2.43. The quantitative estimate of drug-likeness (QED) is 0.335.